The van der Waals surface area contributed by atoms with Gasteiger partial charge in [-0.05, 0) is 38.4 Å². The van der Waals surface area contributed by atoms with Crippen LogP contribution in [0.2, 0.25) is 0 Å². The van der Waals surface area contributed by atoms with Crippen LogP contribution in [-0.4, -0.2) is 64.0 Å². The Bertz CT molecular complexity index is 1000. The van der Waals surface area contributed by atoms with Crippen LogP contribution in [0.3, 0.4) is 0 Å². The molecule has 166 valence electrons. The Morgan fingerprint density at radius 2 is 1.80 bits per heavy atom. The molecule has 8 nitrogen and oxygen atoms in total. The second kappa shape index (κ2) is 10.0. The molecule has 30 heavy (non-hydrogen) atoms. The first-order valence-electron chi connectivity index (χ1n) is 10.7. The summed E-state index contributed by atoms with van der Waals surface area (Å²) in [5, 5.41) is 0.190. The largest absolute Gasteiger partial charge is 0.337 e. The second-order valence-electron chi connectivity index (χ2n) is 8.81. The van der Waals surface area contributed by atoms with Gasteiger partial charge in [-0.1, -0.05) is 34.6 Å². The van der Waals surface area contributed by atoms with Crippen molar-refractivity contribution in [3.05, 3.63) is 38.2 Å². The molecular weight excluding hydrogens is 382 g/mol. The normalized spacial score (nSPS) is 11.8. The number of H-pyrrole nitrogens is 1. The maximum absolute atomic E-state index is 13.5. The van der Waals surface area contributed by atoms with Gasteiger partial charge in [0.15, 0.2) is 5.65 Å². The third-order valence-corrected chi connectivity index (χ3v) is 4.94. The van der Waals surface area contributed by atoms with Gasteiger partial charge in [0.2, 0.25) is 0 Å². The topological polar surface area (TPSA) is 91.3 Å². The van der Waals surface area contributed by atoms with Gasteiger partial charge >= 0.3 is 5.69 Å². The molecule has 0 fully saturated rings. The van der Waals surface area contributed by atoms with Crippen molar-refractivity contribution in [1.29, 1.82) is 0 Å². The Morgan fingerprint density at radius 3 is 2.33 bits per heavy atom. The molecule has 2 heterocycles. The van der Waals surface area contributed by atoms with Gasteiger partial charge in [-0.25, -0.2) is 9.78 Å². The molecule has 0 saturated carbocycles. The second-order valence-corrected chi connectivity index (χ2v) is 8.81. The van der Waals surface area contributed by atoms with Crippen LogP contribution in [-0.2, 0) is 6.54 Å². The van der Waals surface area contributed by atoms with Crippen LogP contribution in [0.4, 0.5) is 0 Å². The Morgan fingerprint density at radius 1 is 1.13 bits per heavy atom. The number of carbonyl (C=O) groups excluding carboxylic acids is 1. The zero-order valence-corrected chi connectivity index (χ0v) is 19.3. The number of nitrogens with one attached hydrogen (secondary N) is 1. The maximum atomic E-state index is 13.5. The monoisotopic (exact) mass is 417 g/mol. The SMILES string of the molecule is CCCN(CCN(C)C)C(=O)c1cc(C(C)C)nc2c1c(=O)[nH]c(=O)n2CC(C)C. The van der Waals surface area contributed by atoms with Gasteiger partial charge in [-0.2, -0.15) is 0 Å². The number of amides is 1. The average molecular weight is 418 g/mol. The summed E-state index contributed by atoms with van der Waals surface area (Å²) < 4.78 is 1.48. The summed E-state index contributed by atoms with van der Waals surface area (Å²) in [5.74, 6) is 0.0228. The third-order valence-electron chi connectivity index (χ3n) is 4.94. The molecule has 0 aromatic carbocycles. The van der Waals surface area contributed by atoms with Crippen LogP contribution < -0.4 is 11.2 Å². The highest BCUT2D eigenvalue weighted by atomic mass is 16.2. The van der Waals surface area contributed by atoms with E-state index in [4.69, 9.17) is 0 Å². The molecule has 0 aliphatic carbocycles. The van der Waals surface area contributed by atoms with Gasteiger partial charge in [0.05, 0.1) is 10.9 Å². The summed E-state index contributed by atoms with van der Waals surface area (Å²) >= 11 is 0. The van der Waals surface area contributed by atoms with Crippen LogP contribution in [0.25, 0.3) is 11.0 Å². The molecule has 0 atom stereocenters. The molecule has 0 radical (unpaired) electrons. The molecule has 2 rings (SSSR count). The number of fused-ring (bicyclic) bond motifs is 1. The summed E-state index contributed by atoms with van der Waals surface area (Å²) in [6, 6.07) is 1.72. The lowest BCUT2D eigenvalue weighted by molar-refractivity contribution is 0.0746. The summed E-state index contributed by atoms with van der Waals surface area (Å²) in [6.07, 6.45) is 0.813. The number of rotatable bonds is 9. The third kappa shape index (κ3) is 5.36. The van der Waals surface area contributed by atoms with Gasteiger partial charge in [-0.15, -0.1) is 0 Å². The molecular formula is C22H35N5O3. The smallest absolute Gasteiger partial charge is 0.330 e. The zero-order chi connectivity index (χ0) is 22.6. The van der Waals surface area contributed by atoms with Gasteiger partial charge in [-0.3, -0.25) is 19.1 Å². The van der Waals surface area contributed by atoms with Crippen molar-refractivity contribution >= 4 is 16.9 Å². The number of hydrogen-bond acceptors (Lipinski definition) is 5. The molecule has 2 aromatic rings. The van der Waals surface area contributed by atoms with Crippen LogP contribution in [0.1, 0.15) is 63.0 Å². The minimum Gasteiger partial charge on any atom is -0.337 e. The van der Waals surface area contributed by atoms with E-state index < -0.39 is 11.2 Å². The number of pyridine rings is 1. The average Bonchev–Trinajstić information content (AvgIpc) is 2.66. The van der Waals surface area contributed by atoms with E-state index in [1.165, 1.54) is 4.57 Å². The summed E-state index contributed by atoms with van der Waals surface area (Å²) in [5.41, 5.74) is 0.236. The number of carbonyl (C=O) groups is 1. The van der Waals surface area contributed by atoms with Crippen molar-refractivity contribution in [2.24, 2.45) is 5.92 Å². The Labute approximate surface area is 177 Å². The predicted octanol–water partition coefficient (Wildman–Crippen LogP) is 2.28. The Kier molecular flexibility index (Phi) is 7.95. The number of nitrogens with zero attached hydrogens (tertiary/aromatic N) is 4. The number of aromatic amines is 1. The molecule has 0 saturated heterocycles. The van der Waals surface area contributed by atoms with Crippen molar-refractivity contribution in [1.82, 2.24) is 24.3 Å². The highest BCUT2D eigenvalue weighted by Crippen LogP contribution is 2.21. The molecule has 0 bridgehead atoms. The molecule has 0 aliphatic rings. The van der Waals surface area contributed by atoms with E-state index >= 15 is 0 Å². The van der Waals surface area contributed by atoms with Crippen molar-refractivity contribution < 1.29 is 4.79 Å². The highest BCUT2D eigenvalue weighted by Gasteiger charge is 2.24. The van der Waals surface area contributed by atoms with E-state index in [-0.39, 0.29) is 28.8 Å². The molecule has 0 spiro atoms. The summed E-state index contributed by atoms with van der Waals surface area (Å²) in [7, 11) is 3.92. The molecule has 8 heteroatoms. The zero-order valence-electron chi connectivity index (χ0n) is 19.3. The van der Waals surface area contributed by atoms with Crippen LogP contribution in [0, 0.1) is 5.92 Å². The summed E-state index contributed by atoms with van der Waals surface area (Å²) in [4.78, 5) is 49.7. The molecule has 0 aliphatic heterocycles. The van der Waals surface area contributed by atoms with Gasteiger partial charge < -0.3 is 9.80 Å². The van der Waals surface area contributed by atoms with E-state index in [2.05, 4.69) is 9.97 Å². The van der Waals surface area contributed by atoms with E-state index in [1.54, 1.807) is 11.0 Å². The van der Waals surface area contributed by atoms with Gasteiger partial charge in [0.25, 0.3) is 11.5 Å². The van der Waals surface area contributed by atoms with Crippen molar-refractivity contribution in [2.45, 2.75) is 53.5 Å². The number of hydrogen-bond donors (Lipinski definition) is 1. The van der Waals surface area contributed by atoms with Crippen LogP contribution in [0.15, 0.2) is 15.7 Å². The fourth-order valence-electron chi connectivity index (χ4n) is 3.37. The van der Waals surface area contributed by atoms with Crippen LogP contribution in [0.5, 0.6) is 0 Å². The lowest BCUT2D eigenvalue weighted by Crippen LogP contribution is -2.39. The Hall–Kier alpha value is -2.48. The quantitative estimate of drug-likeness (QED) is 0.676. The van der Waals surface area contributed by atoms with Crippen LogP contribution >= 0.6 is 0 Å². The lowest BCUT2D eigenvalue weighted by Gasteiger charge is -2.25. The molecule has 1 N–H and O–H groups in total. The summed E-state index contributed by atoms with van der Waals surface area (Å²) in [6.45, 7) is 12.3. The first-order chi connectivity index (χ1) is 14.1. The fourth-order valence-corrected chi connectivity index (χ4v) is 3.37. The molecule has 2 aromatic heterocycles. The number of aromatic nitrogens is 3. The highest BCUT2D eigenvalue weighted by molar-refractivity contribution is 6.05. The predicted molar refractivity (Wildman–Crippen MR) is 120 cm³/mol. The standard InChI is InChI=1S/C22H35N5O3/c1-8-9-26(11-10-25(6)7)21(29)16-12-17(15(4)5)23-19-18(16)20(28)24-22(30)27(19)13-14(2)3/h12,14-15H,8-11,13H2,1-7H3,(H,24,28,30). The van der Waals surface area contributed by atoms with Gasteiger partial charge in [0.1, 0.15) is 0 Å². The first kappa shape index (κ1) is 23.8. The van der Waals surface area contributed by atoms with E-state index in [0.29, 0.717) is 30.9 Å². The first-order valence-corrected chi connectivity index (χ1v) is 10.7. The number of likely N-dealkylation sites (N-methyl/N-ethyl adjacent to an activating group) is 1. The minimum atomic E-state index is -0.565. The van der Waals surface area contributed by atoms with Gasteiger partial charge in [0, 0.05) is 31.9 Å². The van der Waals surface area contributed by atoms with Crippen molar-refractivity contribution in [3.63, 3.8) is 0 Å². The van der Waals surface area contributed by atoms with E-state index in [0.717, 1.165) is 13.0 Å². The van der Waals surface area contributed by atoms with E-state index in [1.807, 2.05) is 53.6 Å². The van der Waals surface area contributed by atoms with E-state index in [9.17, 15) is 14.4 Å². The maximum Gasteiger partial charge on any atom is 0.330 e. The lowest BCUT2D eigenvalue weighted by atomic mass is 10.0. The minimum absolute atomic E-state index is 0.0456. The van der Waals surface area contributed by atoms with Crippen molar-refractivity contribution in [3.8, 4) is 0 Å². The van der Waals surface area contributed by atoms with Crippen molar-refractivity contribution in [2.75, 3.05) is 33.7 Å². The Balaban J connectivity index is 2.78. The molecule has 0 unspecified atom stereocenters. The molecule has 1 amide bonds. The fraction of sp³-hybridized carbons (Fsp3) is 0.636.